The third-order valence-corrected chi connectivity index (χ3v) is 4.59. The van der Waals surface area contributed by atoms with Crippen molar-refractivity contribution < 1.29 is 9.53 Å². The maximum absolute atomic E-state index is 12.7. The van der Waals surface area contributed by atoms with Crippen molar-refractivity contribution in [3.8, 4) is 0 Å². The van der Waals surface area contributed by atoms with E-state index in [1.807, 2.05) is 18.1 Å². The highest BCUT2D eigenvalue weighted by molar-refractivity contribution is 5.90. The number of imidazole rings is 1. The highest BCUT2D eigenvalue weighted by Gasteiger charge is 2.40. The Hall–Kier alpha value is -1.40. The normalized spacial score (nSPS) is 27.8. The Morgan fingerprint density at radius 2 is 2.19 bits per heavy atom. The minimum absolute atomic E-state index is 0.0356. The van der Waals surface area contributed by atoms with Gasteiger partial charge in [0, 0.05) is 51.0 Å². The summed E-state index contributed by atoms with van der Waals surface area (Å²) in [7, 11) is 4.00. The van der Waals surface area contributed by atoms with Crippen LogP contribution in [0.4, 0.5) is 0 Å². The van der Waals surface area contributed by atoms with Crippen molar-refractivity contribution in [2.24, 2.45) is 12.5 Å². The van der Waals surface area contributed by atoms with Crippen LogP contribution in [-0.2, 0) is 11.8 Å². The number of hydrogen-bond acceptors (Lipinski definition) is 4. The van der Waals surface area contributed by atoms with Gasteiger partial charge in [-0.25, -0.2) is 4.98 Å². The quantitative estimate of drug-likeness (QED) is 0.761. The first-order valence-corrected chi connectivity index (χ1v) is 7.63. The summed E-state index contributed by atoms with van der Waals surface area (Å²) in [4.78, 5) is 21.1. The zero-order chi connectivity index (χ0) is 14.9. The lowest BCUT2D eigenvalue weighted by Gasteiger charge is -2.43. The van der Waals surface area contributed by atoms with E-state index in [4.69, 9.17) is 4.74 Å². The molecular weight excluding hydrogens is 268 g/mol. The van der Waals surface area contributed by atoms with Crippen molar-refractivity contribution in [2.45, 2.75) is 12.8 Å². The fourth-order valence-corrected chi connectivity index (χ4v) is 3.55. The lowest BCUT2D eigenvalue weighted by atomic mass is 9.80. The van der Waals surface area contributed by atoms with Gasteiger partial charge in [0.1, 0.15) is 0 Å². The van der Waals surface area contributed by atoms with Gasteiger partial charge in [0.25, 0.3) is 5.91 Å². The number of aromatic nitrogens is 2. The monoisotopic (exact) mass is 292 g/mol. The summed E-state index contributed by atoms with van der Waals surface area (Å²) in [5.74, 6) is 0.559. The summed E-state index contributed by atoms with van der Waals surface area (Å²) < 4.78 is 7.59. The van der Waals surface area contributed by atoms with Crippen LogP contribution in [0.2, 0.25) is 0 Å². The predicted octanol–water partition coefficient (Wildman–Crippen LogP) is 0.605. The molecule has 0 aromatic carbocycles. The molecule has 6 nitrogen and oxygen atoms in total. The van der Waals surface area contributed by atoms with Crippen molar-refractivity contribution in [3.63, 3.8) is 0 Å². The molecule has 1 spiro atoms. The first-order chi connectivity index (χ1) is 10.1. The summed E-state index contributed by atoms with van der Waals surface area (Å²) in [5, 5.41) is 0. The Bertz CT molecular complexity index is 516. The molecule has 0 saturated carbocycles. The van der Waals surface area contributed by atoms with Gasteiger partial charge in [0.05, 0.1) is 13.2 Å². The second kappa shape index (κ2) is 5.77. The van der Waals surface area contributed by atoms with Gasteiger partial charge in [-0.05, 0) is 19.9 Å². The Morgan fingerprint density at radius 3 is 2.95 bits per heavy atom. The van der Waals surface area contributed by atoms with Crippen molar-refractivity contribution >= 4 is 5.91 Å². The summed E-state index contributed by atoms with van der Waals surface area (Å²) in [6.45, 7) is 5.08. The van der Waals surface area contributed by atoms with E-state index in [0.29, 0.717) is 5.82 Å². The first kappa shape index (κ1) is 14.5. The van der Waals surface area contributed by atoms with Gasteiger partial charge < -0.3 is 19.1 Å². The number of likely N-dealkylation sites (tertiary alicyclic amines) is 1. The van der Waals surface area contributed by atoms with Gasteiger partial charge in [-0.2, -0.15) is 0 Å². The zero-order valence-corrected chi connectivity index (χ0v) is 12.9. The molecule has 0 radical (unpaired) electrons. The standard InChI is InChI=1S/C15H24N4O2/c1-17-8-9-21-12-15(10-17)4-3-6-19(11-15)14(20)13-16-5-7-18(13)2/h5,7H,3-4,6,8-12H2,1-2H3. The van der Waals surface area contributed by atoms with Crippen LogP contribution in [0, 0.1) is 5.41 Å². The van der Waals surface area contributed by atoms with Crippen LogP contribution in [-0.4, -0.2) is 71.7 Å². The van der Waals surface area contributed by atoms with E-state index in [1.165, 1.54) is 0 Å². The van der Waals surface area contributed by atoms with Crippen LogP contribution in [0.5, 0.6) is 0 Å². The highest BCUT2D eigenvalue weighted by atomic mass is 16.5. The Morgan fingerprint density at radius 1 is 1.33 bits per heavy atom. The number of piperidine rings is 1. The van der Waals surface area contributed by atoms with Gasteiger partial charge in [-0.1, -0.05) is 0 Å². The Balaban J connectivity index is 1.76. The molecular formula is C15H24N4O2. The third-order valence-electron chi connectivity index (χ3n) is 4.59. The van der Waals surface area contributed by atoms with E-state index in [0.717, 1.165) is 52.2 Å². The van der Waals surface area contributed by atoms with E-state index < -0.39 is 0 Å². The molecule has 1 aromatic heterocycles. The topological polar surface area (TPSA) is 50.6 Å². The molecule has 2 aliphatic heterocycles. The van der Waals surface area contributed by atoms with Crippen LogP contribution in [0.15, 0.2) is 12.4 Å². The molecule has 2 saturated heterocycles. The summed E-state index contributed by atoms with van der Waals surface area (Å²) in [6.07, 6.45) is 5.65. The molecule has 3 rings (SSSR count). The number of rotatable bonds is 1. The third kappa shape index (κ3) is 2.96. The highest BCUT2D eigenvalue weighted by Crippen LogP contribution is 2.33. The molecule has 116 valence electrons. The van der Waals surface area contributed by atoms with E-state index in [9.17, 15) is 4.79 Å². The van der Waals surface area contributed by atoms with Crippen LogP contribution in [0.3, 0.4) is 0 Å². The van der Waals surface area contributed by atoms with E-state index in [1.54, 1.807) is 10.8 Å². The molecule has 0 aliphatic carbocycles. The molecule has 1 aromatic rings. The molecule has 1 unspecified atom stereocenters. The molecule has 2 fully saturated rings. The number of nitrogens with zero attached hydrogens (tertiary/aromatic N) is 4. The van der Waals surface area contributed by atoms with Gasteiger partial charge in [-0.3, -0.25) is 4.79 Å². The molecule has 0 N–H and O–H groups in total. The van der Waals surface area contributed by atoms with Crippen molar-refractivity contribution in [1.29, 1.82) is 0 Å². The van der Waals surface area contributed by atoms with Crippen molar-refractivity contribution in [1.82, 2.24) is 19.4 Å². The van der Waals surface area contributed by atoms with Crippen LogP contribution < -0.4 is 0 Å². The lowest BCUT2D eigenvalue weighted by Crippen LogP contribution is -2.52. The van der Waals surface area contributed by atoms with Crippen molar-refractivity contribution in [2.75, 3.05) is 46.4 Å². The second-order valence-electron chi connectivity index (χ2n) is 6.48. The number of carbonyl (C=O) groups is 1. The van der Waals surface area contributed by atoms with Crippen LogP contribution in [0.1, 0.15) is 23.5 Å². The second-order valence-corrected chi connectivity index (χ2v) is 6.48. The van der Waals surface area contributed by atoms with Gasteiger partial charge >= 0.3 is 0 Å². The molecule has 21 heavy (non-hydrogen) atoms. The fraction of sp³-hybridized carbons (Fsp3) is 0.733. The number of hydrogen-bond donors (Lipinski definition) is 0. The Labute approximate surface area is 125 Å². The smallest absolute Gasteiger partial charge is 0.289 e. The summed E-state index contributed by atoms with van der Waals surface area (Å²) in [5.41, 5.74) is 0.0737. The zero-order valence-electron chi connectivity index (χ0n) is 12.9. The van der Waals surface area contributed by atoms with Crippen LogP contribution in [0.25, 0.3) is 0 Å². The Kier molecular flexibility index (Phi) is 3.99. The molecule has 2 aliphatic rings. The number of amides is 1. The minimum atomic E-state index is 0.0356. The van der Waals surface area contributed by atoms with Gasteiger partial charge in [0.15, 0.2) is 5.82 Å². The number of ether oxygens (including phenoxy) is 1. The first-order valence-electron chi connectivity index (χ1n) is 7.63. The number of carbonyl (C=O) groups excluding carboxylic acids is 1. The van der Waals surface area contributed by atoms with Crippen molar-refractivity contribution in [3.05, 3.63) is 18.2 Å². The lowest BCUT2D eigenvalue weighted by molar-refractivity contribution is 0.00797. The number of likely N-dealkylation sites (N-methyl/N-ethyl adjacent to an activating group) is 1. The van der Waals surface area contributed by atoms with E-state index >= 15 is 0 Å². The SMILES string of the molecule is CN1CCOCC2(CCCN(C(=O)c3nccn3C)C2)C1. The molecule has 0 bridgehead atoms. The molecule has 3 heterocycles. The maximum Gasteiger partial charge on any atom is 0.289 e. The molecule has 1 amide bonds. The predicted molar refractivity (Wildman–Crippen MR) is 79.1 cm³/mol. The minimum Gasteiger partial charge on any atom is -0.379 e. The fourth-order valence-electron chi connectivity index (χ4n) is 3.55. The van der Waals surface area contributed by atoms with E-state index in [2.05, 4.69) is 16.9 Å². The van der Waals surface area contributed by atoms with Crippen LogP contribution >= 0.6 is 0 Å². The average molecular weight is 292 g/mol. The van der Waals surface area contributed by atoms with Gasteiger partial charge in [0.2, 0.25) is 0 Å². The van der Waals surface area contributed by atoms with Gasteiger partial charge in [-0.15, -0.1) is 0 Å². The van der Waals surface area contributed by atoms with E-state index in [-0.39, 0.29) is 11.3 Å². The summed E-state index contributed by atoms with van der Waals surface area (Å²) in [6, 6.07) is 0. The molecule has 6 heteroatoms. The summed E-state index contributed by atoms with van der Waals surface area (Å²) >= 11 is 0. The maximum atomic E-state index is 12.7. The average Bonchev–Trinajstić information content (AvgIpc) is 2.81. The largest absolute Gasteiger partial charge is 0.379 e. The molecule has 1 atom stereocenters. The number of aryl methyl sites for hydroxylation is 1.